The van der Waals surface area contributed by atoms with Crippen LogP contribution in [0.3, 0.4) is 0 Å². The first-order valence-electron chi connectivity index (χ1n) is 7.00. The third kappa shape index (κ3) is 3.93. The van der Waals surface area contributed by atoms with E-state index in [1.54, 1.807) is 26.2 Å². The van der Waals surface area contributed by atoms with Crippen LogP contribution in [-0.4, -0.2) is 44.2 Å². The number of nitrogens with zero attached hydrogens (tertiary/aromatic N) is 1. The lowest BCUT2D eigenvalue weighted by molar-refractivity contribution is 0.216. The monoisotopic (exact) mass is 279 g/mol. The van der Waals surface area contributed by atoms with Crippen molar-refractivity contribution >= 4 is 6.03 Å². The number of hydrogen-bond donors (Lipinski definition) is 2. The molecule has 1 aromatic rings. The van der Waals surface area contributed by atoms with Gasteiger partial charge in [-0.25, -0.2) is 9.18 Å². The molecule has 0 radical (unpaired) electrons. The molecule has 1 aliphatic carbocycles. The Kier molecular flexibility index (Phi) is 4.95. The van der Waals surface area contributed by atoms with E-state index < -0.39 is 0 Å². The summed E-state index contributed by atoms with van der Waals surface area (Å²) in [6.07, 6.45) is 2.07. The van der Waals surface area contributed by atoms with Gasteiger partial charge < -0.3 is 15.5 Å². The maximum atomic E-state index is 13.1. The first-order chi connectivity index (χ1) is 9.56. The van der Waals surface area contributed by atoms with E-state index in [0.29, 0.717) is 18.5 Å². The number of carbonyl (C=O) groups is 1. The van der Waals surface area contributed by atoms with Crippen LogP contribution in [0.15, 0.2) is 24.3 Å². The smallest absolute Gasteiger partial charge is 0.316 e. The summed E-state index contributed by atoms with van der Waals surface area (Å²) in [6.45, 7) is 1.39. The van der Waals surface area contributed by atoms with Crippen LogP contribution in [0.4, 0.5) is 9.18 Å². The second-order valence-corrected chi connectivity index (χ2v) is 5.50. The summed E-state index contributed by atoms with van der Waals surface area (Å²) < 4.78 is 13.1. The lowest BCUT2D eigenvalue weighted by Crippen LogP contribution is -2.44. The fourth-order valence-corrected chi connectivity index (χ4v) is 2.42. The van der Waals surface area contributed by atoms with Crippen LogP contribution in [0.1, 0.15) is 24.3 Å². The number of rotatable bonds is 5. The summed E-state index contributed by atoms with van der Waals surface area (Å²) in [5, 5.41) is 6.21. The third-order valence-corrected chi connectivity index (χ3v) is 3.70. The summed E-state index contributed by atoms with van der Waals surface area (Å²) in [4.78, 5) is 12.8. The van der Waals surface area contributed by atoms with Crippen molar-refractivity contribution in [2.24, 2.45) is 0 Å². The van der Waals surface area contributed by atoms with Crippen LogP contribution in [0.5, 0.6) is 0 Å². The molecule has 2 amide bonds. The van der Waals surface area contributed by atoms with Gasteiger partial charge in [0.05, 0.1) is 0 Å². The molecular formula is C15H22FN3O. The molecule has 0 saturated heterocycles. The Balaban J connectivity index is 1.61. The van der Waals surface area contributed by atoms with Crippen molar-refractivity contribution in [2.75, 3.05) is 27.2 Å². The zero-order valence-electron chi connectivity index (χ0n) is 12.0. The van der Waals surface area contributed by atoms with Gasteiger partial charge in [-0.1, -0.05) is 12.1 Å². The van der Waals surface area contributed by atoms with Crippen LogP contribution < -0.4 is 10.6 Å². The van der Waals surface area contributed by atoms with Gasteiger partial charge in [0, 0.05) is 33.2 Å². The number of hydrogen-bond acceptors (Lipinski definition) is 2. The van der Waals surface area contributed by atoms with E-state index in [9.17, 15) is 9.18 Å². The molecule has 0 bridgehead atoms. The van der Waals surface area contributed by atoms with Crippen molar-refractivity contribution < 1.29 is 9.18 Å². The summed E-state index contributed by atoms with van der Waals surface area (Å²) in [5.74, 6) is 0.296. The molecule has 0 heterocycles. The van der Waals surface area contributed by atoms with Gasteiger partial charge in [0.2, 0.25) is 0 Å². The van der Waals surface area contributed by atoms with Crippen LogP contribution in [0.2, 0.25) is 0 Å². The van der Waals surface area contributed by atoms with E-state index in [4.69, 9.17) is 0 Å². The van der Waals surface area contributed by atoms with Crippen molar-refractivity contribution in [2.45, 2.75) is 24.8 Å². The number of amides is 2. The highest BCUT2D eigenvalue weighted by atomic mass is 19.1. The Morgan fingerprint density at radius 2 is 2.10 bits per heavy atom. The van der Waals surface area contributed by atoms with Gasteiger partial charge >= 0.3 is 6.03 Å². The Bertz CT molecular complexity index is 458. The summed E-state index contributed by atoms with van der Waals surface area (Å²) in [5.41, 5.74) is 1.09. The zero-order valence-corrected chi connectivity index (χ0v) is 12.0. The van der Waals surface area contributed by atoms with Crippen molar-refractivity contribution in [3.05, 3.63) is 35.6 Å². The fourth-order valence-electron chi connectivity index (χ4n) is 2.42. The predicted molar refractivity (Wildman–Crippen MR) is 77.3 cm³/mol. The minimum absolute atomic E-state index is 0.0713. The Morgan fingerprint density at radius 3 is 2.75 bits per heavy atom. The molecule has 4 nitrogen and oxygen atoms in total. The minimum Gasteiger partial charge on any atom is -0.337 e. The third-order valence-electron chi connectivity index (χ3n) is 3.70. The molecule has 2 rings (SSSR count). The second-order valence-electron chi connectivity index (χ2n) is 5.50. The first-order valence-corrected chi connectivity index (χ1v) is 7.00. The van der Waals surface area contributed by atoms with Gasteiger partial charge in [0.1, 0.15) is 5.82 Å². The topological polar surface area (TPSA) is 44.4 Å². The van der Waals surface area contributed by atoms with Crippen molar-refractivity contribution in [1.29, 1.82) is 0 Å². The maximum absolute atomic E-state index is 13.1. The Hall–Kier alpha value is -1.62. The predicted octanol–water partition coefficient (Wildman–Crippen LogP) is 1.93. The normalized spacial score (nSPS) is 21.1. The largest absolute Gasteiger partial charge is 0.337 e. The molecule has 2 N–H and O–H groups in total. The average Bonchev–Trinajstić information content (AvgIpc) is 2.35. The Morgan fingerprint density at radius 1 is 1.35 bits per heavy atom. The molecule has 0 aromatic heterocycles. The van der Waals surface area contributed by atoms with Crippen molar-refractivity contribution in [3.8, 4) is 0 Å². The van der Waals surface area contributed by atoms with Gasteiger partial charge in [-0.2, -0.15) is 0 Å². The summed E-state index contributed by atoms with van der Waals surface area (Å²) in [6, 6.07) is 7.25. The van der Waals surface area contributed by atoms with E-state index in [0.717, 1.165) is 24.9 Å². The SMILES string of the molecule is CN(C)C(=O)NCCNC1CC(c2cccc(F)c2)C1. The van der Waals surface area contributed by atoms with Crippen LogP contribution in [0.25, 0.3) is 0 Å². The van der Waals surface area contributed by atoms with Gasteiger partial charge in [-0.05, 0) is 36.5 Å². The van der Waals surface area contributed by atoms with Crippen LogP contribution in [0, 0.1) is 5.82 Å². The minimum atomic E-state index is -0.162. The van der Waals surface area contributed by atoms with Crippen LogP contribution >= 0.6 is 0 Å². The van der Waals surface area contributed by atoms with Gasteiger partial charge in [-0.15, -0.1) is 0 Å². The molecule has 0 atom stereocenters. The van der Waals surface area contributed by atoms with E-state index >= 15 is 0 Å². The number of nitrogens with one attached hydrogen (secondary N) is 2. The number of carbonyl (C=O) groups excluding carboxylic acids is 1. The lowest BCUT2D eigenvalue weighted by Gasteiger charge is -2.36. The maximum Gasteiger partial charge on any atom is 0.316 e. The van der Waals surface area contributed by atoms with Crippen molar-refractivity contribution in [1.82, 2.24) is 15.5 Å². The standard InChI is InChI=1S/C15H22FN3O/c1-19(2)15(20)18-7-6-17-14-9-12(10-14)11-4-3-5-13(16)8-11/h3-5,8,12,14,17H,6-7,9-10H2,1-2H3,(H,18,20). The number of halogens is 1. The van der Waals surface area contributed by atoms with Gasteiger partial charge in [-0.3, -0.25) is 0 Å². The molecular weight excluding hydrogens is 257 g/mol. The van der Waals surface area contributed by atoms with E-state index in [1.807, 2.05) is 6.07 Å². The summed E-state index contributed by atoms with van der Waals surface area (Å²) >= 11 is 0. The molecule has 0 aliphatic heterocycles. The van der Waals surface area contributed by atoms with Crippen molar-refractivity contribution in [3.63, 3.8) is 0 Å². The molecule has 0 unspecified atom stereocenters. The molecule has 110 valence electrons. The first kappa shape index (κ1) is 14.8. The fraction of sp³-hybridized carbons (Fsp3) is 0.533. The highest BCUT2D eigenvalue weighted by Crippen LogP contribution is 2.36. The average molecular weight is 279 g/mol. The Labute approximate surface area is 119 Å². The van der Waals surface area contributed by atoms with Crippen LogP contribution in [-0.2, 0) is 0 Å². The zero-order chi connectivity index (χ0) is 14.5. The molecule has 20 heavy (non-hydrogen) atoms. The molecule has 1 aliphatic rings. The summed E-state index contributed by atoms with van der Waals surface area (Å²) in [7, 11) is 3.44. The van der Waals surface area contributed by atoms with E-state index in [2.05, 4.69) is 10.6 Å². The lowest BCUT2D eigenvalue weighted by atomic mass is 9.76. The molecule has 0 spiro atoms. The second kappa shape index (κ2) is 6.70. The van der Waals surface area contributed by atoms with E-state index in [1.165, 1.54) is 11.0 Å². The van der Waals surface area contributed by atoms with Gasteiger partial charge in [0.15, 0.2) is 0 Å². The quantitative estimate of drug-likeness (QED) is 0.809. The highest BCUT2D eigenvalue weighted by Gasteiger charge is 2.29. The number of urea groups is 1. The molecule has 1 saturated carbocycles. The number of benzene rings is 1. The molecule has 1 fully saturated rings. The highest BCUT2D eigenvalue weighted by molar-refractivity contribution is 5.73. The molecule has 1 aromatic carbocycles. The molecule has 5 heteroatoms. The van der Waals surface area contributed by atoms with Gasteiger partial charge in [0.25, 0.3) is 0 Å². The van der Waals surface area contributed by atoms with E-state index in [-0.39, 0.29) is 11.8 Å².